The van der Waals surface area contributed by atoms with Crippen molar-refractivity contribution in [3.63, 3.8) is 0 Å². The first-order chi connectivity index (χ1) is 9.20. The van der Waals surface area contributed by atoms with Gasteiger partial charge in [0, 0.05) is 28.8 Å². The molecule has 0 aliphatic heterocycles. The quantitative estimate of drug-likeness (QED) is 0.912. The van der Waals surface area contributed by atoms with Gasteiger partial charge in [0.25, 0.3) is 0 Å². The van der Waals surface area contributed by atoms with Crippen LogP contribution in [0.15, 0.2) is 47.1 Å². The summed E-state index contributed by atoms with van der Waals surface area (Å²) in [6, 6.07) is 12.3. The maximum atomic E-state index is 5.37. The van der Waals surface area contributed by atoms with Gasteiger partial charge in [0.15, 0.2) is 0 Å². The van der Waals surface area contributed by atoms with Crippen LogP contribution in [0.2, 0.25) is 0 Å². The molecule has 19 heavy (non-hydrogen) atoms. The molecule has 0 fully saturated rings. The molecule has 0 saturated carbocycles. The molecule has 0 bridgehead atoms. The van der Waals surface area contributed by atoms with E-state index in [4.69, 9.17) is 4.74 Å². The molecule has 0 radical (unpaired) electrons. The number of methoxy groups -OCH3 is 1. The van der Waals surface area contributed by atoms with E-state index in [-0.39, 0.29) is 6.04 Å². The molecule has 0 spiro atoms. The summed E-state index contributed by atoms with van der Waals surface area (Å²) in [7, 11) is 1.70. The number of nitrogens with zero attached hydrogens (tertiary/aromatic N) is 1. The van der Waals surface area contributed by atoms with Crippen LogP contribution in [0, 0.1) is 0 Å². The largest absolute Gasteiger partial charge is 0.496 e. The van der Waals surface area contributed by atoms with E-state index in [1.807, 2.05) is 36.5 Å². The summed E-state index contributed by atoms with van der Waals surface area (Å²) in [5.41, 5.74) is 2.17. The summed E-state index contributed by atoms with van der Waals surface area (Å²) in [6.45, 7) is 2.85. The van der Waals surface area contributed by atoms with Gasteiger partial charge in [-0.05, 0) is 41.1 Å². The number of pyridine rings is 1. The number of aromatic nitrogens is 1. The number of nitrogens with one attached hydrogen (secondary N) is 1. The molecular weight excluding hydrogens is 304 g/mol. The van der Waals surface area contributed by atoms with Crippen LogP contribution >= 0.6 is 15.9 Å². The molecule has 1 unspecified atom stereocenters. The number of hydrogen-bond donors (Lipinski definition) is 1. The fraction of sp³-hybridized carbons (Fsp3) is 0.267. The summed E-state index contributed by atoms with van der Waals surface area (Å²) in [5.74, 6) is 0.909. The van der Waals surface area contributed by atoms with Crippen LogP contribution in [-0.4, -0.2) is 12.1 Å². The van der Waals surface area contributed by atoms with Crippen molar-refractivity contribution in [2.75, 3.05) is 7.11 Å². The minimum absolute atomic E-state index is 0.210. The highest BCUT2D eigenvalue weighted by atomic mass is 79.9. The van der Waals surface area contributed by atoms with Crippen molar-refractivity contribution in [3.8, 4) is 5.75 Å². The van der Waals surface area contributed by atoms with Gasteiger partial charge in [-0.25, -0.2) is 0 Å². The average molecular weight is 321 g/mol. The smallest absolute Gasteiger partial charge is 0.123 e. The number of rotatable bonds is 5. The fourth-order valence-electron chi connectivity index (χ4n) is 1.90. The van der Waals surface area contributed by atoms with Crippen molar-refractivity contribution in [2.45, 2.75) is 19.5 Å². The van der Waals surface area contributed by atoms with Gasteiger partial charge < -0.3 is 10.1 Å². The summed E-state index contributed by atoms with van der Waals surface area (Å²) in [4.78, 5) is 4.35. The van der Waals surface area contributed by atoms with Crippen molar-refractivity contribution in [1.82, 2.24) is 10.3 Å². The van der Waals surface area contributed by atoms with E-state index in [1.165, 1.54) is 0 Å². The molecule has 1 N–H and O–H groups in total. The van der Waals surface area contributed by atoms with Crippen molar-refractivity contribution in [1.29, 1.82) is 0 Å². The van der Waals surface area contributed by atoms with Crippen LogP contribution in [0.3, 0.4) is 0 Å². The van der Waals surface area contributed by atoms with Crippen LogP contribution in [0.25, 0.3) is 0 Å². The van der Waals surface area contributed by atoms with E-state index in [9.17, 15) is 0 Å². The molecule has 1 aromatic heterocycles. The topological polar surface area (TPSA) is 34.1 Å². The van der Waals surface area contributed by atoms with Crippen LogP contribution in [0.4, 0.5) is 0 Å². The van der Waals surface area contributed by atoms with Gasteiger partial charge in [0.1, 0.15) is 5.75 Å². The SMILES string of the molecule is COc1ccccc1C(C)NCc1ccc(Br)cn1. The van der Waals surface area contributed by atoms with E-state index >= 15 is 0 Å². The van der Waals surface area contributed by atoms with Crippen molar-refractivity contribution >= 4 is 15.9 Å². The molecule has 0 aliphatic rings. The van der Waals surface area contributed by atoms with E-state index < -0.39 is 0 Å². The highest BCUT2D eigenvalue weighted by molar-refractivity contribution is 9.10. The van der Waals surface area contributed by atoms with Gasteiger partial charge >= 0.3 is 0 Å². The Hall–Kier alpha value is -1.39. The Bertz CT molecular complexity index is 528. The van der Waals surface area contributed by atoms with Gasteiger partial charge in [-0.15, -0.1) is 0 Å². The first kappa shape index (κ1) is 14.0. The number of hydrogen-bond acceptors (Lipinski definition) is 3. The number of ether oxygens (including phenoxy) is 1. The number of halogens is 1. The first-order valence-electron chi connectivity index (χ1n) is 6.17. The molecule has 0 amide bonds. The lowest BCUT2D eigenvalue weighted by Crippen LogP contribution is -2.19. The van der Waals surface area contributed by atoms with Gasteiger partial charge in [-0.3, -0.25) is 4.98 Å². The van der Waals surface area contributed by atoms with Crippen molar-refractivity contribution in [3.05, 3.63) is 58.3 Å². The van der Waals surface area contributed by atoms with Crippen LogP contribution in [0.1, 0.15) is 24.2 Å². The van der Waals surface area contributed by atoms with Crippen LogP contribution in [-0.2, 0) is 6.54 Å². The second-order valence-electron chi connectivity index (χ2n) is 4.31. The standard InChI is InChI=1S/C15H17BrN2O/c1-11(14-5-3-4-6-15(14)19-2)17-10-13-8-7-12(16)9-18-13/h3-9,11,17H,10H2,1-2H3. The molecule has 2 rings (SSSR count). The Morgan fingerprint density at radius 3 is 2.74 bits per heavy atom. The number of benzene rings is 1. The van der Waals surface area contributed by atoms with Crippen molar-refractivity contribution in [2.24, 2.45) is 0 Å². The molecule has 1 aromatic carbocycles. The molecule has 100 valence electrons. The summed E-state index contributed by atoms with van der Waals surface area (Å²) in [6.07, 6.45) is 1.81. The van der Waals surface area contributed by atoms with Gasteiger partial charge in [0.2, 0.25) is 0 Å². The van der Waals surface area contributed by atoms with E-state index in [2.05, 4.69) is 39.2 Å². The van der Waals surface area contributed by atoms with Gasteiger partial charge in [-0.2, -0.15) is 0 Å². The molecular formula is C15H17BrN2O. The second-order valence-corrected chi connectivity index (χ2v) is 5.23. The first-order valence-corrected chi connectivity index (χ1v) is 6.96. The molecule has 3 nitrogen and oxygen atoms in total. The fourth-order valence-corrected chi connectivity index (χ4v) is 2.14. The third-order valence-electron chi connectivity index (χ3n) is 2.98. The predicted molar refractivity (Wildman–Crippen MR) is 80.2 cm³/mol. The molecule has 1 heterocycles. The highest BCUT2D eigenvalue weighted by Gasteiger charge is 2.10. The predicted octanol–water partition coefficient (Wildman–Crippen LogP) is 3.70. The molecule has 1 atom stereocenters. The van der Waals surface area contributed by atoms with Crippen LogP contribution < -0.4 is 10.1 Å². The lowest BCUT2D eigenvalue weighted by molar-refractivity contribution is 0.401. The monoisotopic (exact) mass is 320 g/mol. The Labute approximate surface area is 122 Å². The van der Waals surface area contributed by atoms with E-state index in [0.29, 0.717) is 0 Å². The molecule has 4 heteroatoms. The maximum absolute atomic E-state index is 5.37. The van der Waals surface area contributed by atoms with Crippen molar-refractivity contribution < 1.29 is 4.74 Å². The molecule has 2 aromatic rings. The zero-order chi connectivity index (χ0) is 13.7. The highest BCUT2D eigenvalue weighted by Crippen LogP contribution is 2.24. The normalized spacial score (nSPS) is 12.2. The third-order valence-corrected chi connectivity index (χ3v) is 3.45. The Balaban J connectivity index is 2.01. The zero-order valence-corrected chi connectivity index (χ0v) is 12.6. The van der Waals surface area contributed by atoms with Gasteiger partial charge in [-0.1, -0.05) is 18.2 Å². The summed E-state index contributed by atoms with van der Waals surface area (Å²) >= 11 is 3.38. The third kappa shape index (κ3) is 3.78. The summed E-state index contributed by atoms with van der Waals surface area (Å²) < 4.78 is 6.37. The minimum atomic E-state index is 0.210. The van der Waals surface area contributed by atoms with E-state index in [0.717, 1.165) is 28.0 Å². The maximum Gasteiger partial charge on any atom is 0.123 e. The zero-order valence-electron chi connectivity index (χ0n) is 11.1. The Kier molecular flexibility index (Phi) is 4.93. The minimum Gasteiger partial charge on any atom is -0.496 e. The average Bonchev–Trinajstić information content (AvgIpc) is 2.46. The molecule has 0 aliphatic carbocycles. The Morgan fingerprint density at radius 2 is 2.05 bits per heavy atom. The van der Waals surface area contributed by atoms with Gasteiger partial charge in [0.05, 0.1) is 12.8 Å². The second kappa shape index (κ2) is 6.68. The number of para-hydroxylation sites is 1. The molecule has 0 saturated heterocycles. The van der Waals surface area contributed by atoms with Crippen LogP contribution in [0.5, 0.6) is 5.75 Å². The lowest BCUT2D eigenvalue weighted by atomic mass is 10.1. The Morgan fingerprint density at radius 1 is 1.26 bits per heavy atom. The van der Waals surface area contributed by atoms with E-state index in [1.54, 1.807) is 7.11 Å². The lowest BCUT2D eigenvalue weighted by Gasteiger charge is -2.17. The summed E-state index contributed by atoms with van der Waals surface area (Å²) in [5, 5.41) is 3.45.